The lowest BCUT2D eigenvalue weighted by Gasteiger charge is -2.14. The molecule has 1 aliphatic heterocycles. The molecule has 3 aromatic heterocycles. The van der Waals surface area contributed by atoms with Crippen LogP contribution >= 0.6 is 0 Å². The zero-order valence-corrected chi connectivity index (χ0v) is 17.5. The number of methoxy groups -OCH3 is 1. The van der Waals surface area contributed by atoms with E-state index in [1.165, 1.54) is 36.9 Å². The number of pyridine rings is 2. The summed E-state index contributed by atoms with van der Waals surface area (Å²) in [5.74, 6) is 0.644. The highest BCUT2D eigenvalue weighted by Gasteiger charge is 2.14. The number of H-pyrrole nitrogens is 1. The number of hydrogen-bond donors (Lipinski definition) is 2. The van der Waals surface area contributed by atoms with Crippen LogP contribution in [0.4, 0.5) is 0 Å². The summed E-state index contributed by atoms with van der Waals surface area (Å²) in [7, 11) is 1.53. The maximum atomic E-state index is 12.5. The monoisotopic (exact) mass is 422 g/mol. The Morgan fingerprint density at radius 3 is 2.81 bits per heavy atom. The van der Waals surface area contributed by atoms with Gasteiger partial charge in [-0.05, 0) is 63.2 Å². The number of rotatable bonds is 8. The highest BCUT2D eigenvalue weighted by molar-refractivity contribution is 5.93. The zero-order chi connectivity index (χ0) is 21.6. The third-order valence-electron chi connectivity index (χ3n) is 5.35. The molecule has 31 heavy (non-hydrogen) atoms. The average molecular weight is 422 g/mol. The molecular weight excluding hydrogens is 396 g/mol. The van der Waals surface area contributed by atoms with E-state index in [4.69, 9.17) is 4.74 Å². The van der Waals surface area contributed by atoms with Crippen LogP contribution in [0.3, 0.4) is 0 Å². The van der Waals surface area contributed by atoms with Crippen LogP contribution < -0.4 is 15.6 Å². The first-order valence-corrected chi connectivity index (χ1v) is 10.4. The molecule has 0 saturated carbocycles. The third-order valence-corrected chi connectivity index (χ3v) is 5.35. The Morgan fingerprint density at radius 1 is 1.23 bits per heavy atom. The van der Waals surface area contributed by atoms with Crippen molar-refractivity contribution >= 4 is 5.91 Å². The van der Waals surface area contributed by atoms with E-state index in [1.807, 2.05) is 6.07 Å². The van der Waals surface area contributed by atoms with Crippen molar-refractivity contribution in [2.24, 2.45) is 0 Å². The quantitative estimate of drug-likeness (QED) is 0.537. The van der Waals surface area contributed by atoms with Gasteiger partial charge in [0.05, 0.1) is 23.9 Å². The molecule has 0 radical (unpaired) electrons. The lowest BCUT2D eigenvalue weighted by atomic mass is 10.2. The summed E-state index contributed by atoms with van der Waals surface area (Å²) in [6.45, 7) is 3.96. The van der Waals surface area contributed by atoms with Crippen molar-refractivity contribution in [3.05, 3.63) is 58.6 Å². The molecule has 162 valence electrons. The van der Waals surface area contributed by atoms with Gasteiger partial charge in [0, 0.05) is 25.0 Å². The van der Waals surface area contributed by atoms with Gasteiger partial charge in [-0.25, -0.2) is 14.6 Å². The van der Waals surface area contributed by atoms with Crippen molar-refractivity contribution in [2.75, 3.05) is 33.3 Å². The molecule has 0 unspecified atom stereocenters. The van der Waals surface area contributed by atoms with Gasteiger partial charge in [-0.3, -0.25) is 14.7 Å². The molecule has 0 aromatic carbocycles. The van der Waals surface area contributed by atoms with E-state index < -0.39 is 0 Å². The van der Waals surface area contributed by atoms with Gasteiger partial charge in [-0.2, -0.15) is 0 Å². The first kappa shape index (κ1) is 20.8. The number of ether oxygens (including phenoxy) is 1. The Hall–Kier alpha value is -3.46. The first-order valence-electron chi connectivity index (χ1n) is 10.4. The summed E-state index contributed by atoms with van der Waals surface area (Å²) in [4.78, 5) is 35.7. The van der Waals surface area contributed by atoms with Gasteiger partial charge in [0.1, 0.15) is 0 Å². The molecule has 2 N–H and O–H groups in total. The summed E-state index contributed by atoms with van der Waals surface area (Å²) < 4.78 is 6.58. The van der Waals surface area contributed by atoms with Crippen molar-refractivity contribution in [1.29, 1.82) is 0 Å². The predicted octanol–water partition coefficient (Wildman–Crippen LogP) is 1.85. The van der Waals surface area contributed by atoms with Crippen LogP contribution in [0.2, 0.25) is 0 Å². The largest absolute Gasteiger partial charge is 0.481 e. The van der Waals surface area contributed by atoms with Gasteiger partial charge in [0.25, 0.3) is 11.5 Å². The second kappa shape index (κ2) is 9.57. The summed E-state index contributed by atoms with van der Waals surface area (Å²) in [6, 6.07) is 8.34. The molecule has 1 amide bonds. The van der Waals surface area contributed by atoms with Gasteiger partial charge in [-0.1, -0.05) is 0 Å². The van der Waals surface area contributed by atoms with Crippen molar-refractivity contribution in [1.82, 2.24) is 30.0 Å². The predicted molar refractivity (Wildman–Crippen MR) is 117 cm³/mol. The molecule has 0 atom stereocenters. The van der Waals surface area contributed by atoms with Crippen molar-refractivity contribution < 1.29 is 9.53 Å². The maximum Gasteiger partial charge on any atom is 0.273 e. The van der Waals surface area contributed by atoms with Crippen molar-refractivity contribution in [2.45, 2.75) is 19.3 Å². The van der Waals surface area contributed by atoms with Crippen LogP contribution in [0.1, 0.15) is 29.6 Å². The van der Waals surface area contributed by atoms with Gasteiger partial charge >= 0.3 is 0 Å². The summed E-state index contributed by atoms with van der Waals surface area (Å²) >= 11 is 0. The lowest BCUT2D eigenvalue weighted by Crippen LogP contribution is -2.28. The van der Waals surface area contributed by atoms with Crippen LogP contribution in [0.15, 0.2) is 47.5 Å². The van der Waals surface area contributed by atoms with Crippen LogP contribution in [0.25, 0.3) is 17.1 Å². The van der Waals surface area contributed by atoms with Crippen LogP contribution in [-0.2, 0) is 0 Å². The Labute approximate surface area is 180 Å². The average Bonchev–Trinajstić information content (AvgIpc) is 3.46. The van der Waals surface area contributed by atoms with E-state index in [1.54, 1.807) is 24.4 Å². The second-order valence-corrected chi connectivity index (χ2v) is 7.47. The number of aromatic nitrogens is 4. The number of hydrogen-bond acceptors (Lipinski definition) is 6. The Kier molecular flexibility index (Phi) is 6.42. The molecule has 0 aliphatic carbocycles. The molecule has 0 bridgehead atoms. The maximum absolute atomic E-state index is 12.5. The number of amides is 1. The minimum Gasteiger partial charge on any atom is -0.481 e. The number of nitrogens with one attached hydrogen (secondary N) is 2. The second-order valence-electron chi connectivity index (χ2n) is 7.47. The highest BCUT2D eigenvalue weighted by atomic mass is 16.5. The Bertz CT molecular complexity index is 1080. The van der Waals surface area contributed by atoms with E-state index in [0.29, 0.717) is 35.1 Å². The molecule has 9 nitrogen and oxygen atoms in total. The van der Waals surface area contributed by atoms with Gasteiger partial charge in [0.2, 0.25) is 5.88 Å². The van der Waals surface area contributed by atoms with E-state index in [-0.39, 0.29) is 11.5 Å². The van der Waals surface area contributed by atoms with Gasteiger partial charge < -0.3 is 15.0 Å². The molecule has 4 rings (SSSR count). The number of aromatic amines is 1. The fraction of sp³-hybridized carbons (Fsp3) is 0.364. The fourth-order valence-corrected chi connectivity index (χ4v) is 3.73. The molecule has 4 heterocycles. The van der Waals surface area contributed by atoms with Gasteiger partial charge in [-0.15, -0.1) is 0 Å². The molecule has 3 aromatic rings. The molecule has 1 aliphatic rings. The van der Waals surface area contributed by atoms with Crippen LogP contribution in [-0.4, -0.2) is 63.8 Å². The van der Waals surface area contributed by atoms with Crippen LogP contribution in [0.5, 0.6) is 5.88 Å². The standard InChI is InChI=1S/C22H26N6O3/c1-31-22-17(6-4-9-24-22)18-14-20(29)28(26-18)19-8-7-16(15-25-19)21(30)23-10-5-13-27-11-2-3-12-27/h4,6-9,14-15,26H,2-3,5,10-13H2,1H3,(H,23,30). The SMILES string of the molecule is COc1ncccc1-c1cc(=O)n(-c2ccc(C(=O)NCCCN3CCCC3)cn2)[nH]1. The molecule has 1 saturated heterocycles. The topological polar surface area (TPSA) is 105 Å². The van der Waals surface area contributed by atoms with Crippen molar-refractivity contribution in [3.63, 3.8) is 0 Å². The van der Waals surface area contributed by atoms with E-state index in [0.717, 1.165) is 26.1 Å². The summed E-state index contributed by atoms with van der Waals surface area (Å²) in [5, 5.41) is 5.95. The Morgan fingerprint density at radius 2 is 2.06 bits per heavy atom. The van der Waals surface area contributed by atoms with Crippen molar-refractivity contribution in [3.8, 4) is 23.0 Å². The summed E-state index contributed by atoms with van der Waals surface area (Å²) in [6.07, 6.45) is 6.56. The van der Waals surface area contributed by atoms with E-state index >= 15 is 0 Å². The fourth-order valence-electron chi connectivity index (χ4n) is 3.73. The minimum atomic E-state index is -0.271. The molecule has 1 fully saturated rings. The van der Waals surface area contributed by atoms with E-state index in [2.05, 4.69) is 25.3 Å². The number of likely N-dealkylation sites (tertiary alicyclic amines) is 1. The first-order chi connectivity index (χ1) is 15.2. The van der Waals surface area contributed by atoms with Crippen LogP contribution in [0, 0.1) is 0 Å². The van der Waals surface area contributed by atoms with Gasteiger partial charge in [0.15, 0.2) is 5.82 Å². The highest BCUT2D eigenvalue weighted by Crippen LogP contribution is 2.25. The number of carbonyl (C=O) groups is 1. The van der Waals surface area contributed by atoms with E-state index in [9.17, 15) is 9.59 Å². The Balaban J connectivity index is 1.40. The number of carbonyl (C=O) groups excluding carboxylic acids is 1. The summed E-state index contributed by atoms with van der Waals surface area (Å²) in [5.41, 5.74) is 1.42. The minimum absolute atomic E-state index is 0.167. The lowest BCUT2D eigenvalue weighted by molar-refractivity contribution is 0.0951. The molecule has 0 spiro atoms. The zero-order valence-electron chi connectivity index (χ0n) is 17.5. The number of nitrogens with zero attached hydrogens (tertiary/aromatic N) is 4. The smallest absolute Gasteiger partial charge is 0.273 e. The third kappa shape index (κ3) is 4.83. The normalized spacial score (nSPS) is 14.0. The molecule has 9 heteroatoms. The molecular formula is C22H26N6O3.